The van der Waals surface area contributed by atoms with E-state index in [4.69, 9.17) is 27.9 Å². The minimum Gasteiger partial charge on any atom is -0.479 e. The van der Waals surface area contributed by atoms with Gasteiger partial charge in [0.05, 0.1) is 17.3 Å². The average Bonchev–Trinajstić information content (AvgIpc) is 2.48. The van der Waals surface area contributed by atoms with Crippen molar-refractivity contribution in [3.63, 3.8) is 0 Å². The largest absolute Gasteiger partial charge is 0.479 e. The third-order valence-corrected chi connectivity index (χ3v) is 3.27. The zero-order chi connectivity index (χ0) is 15.2. The molecule has 6 heteroatoms. The number of ether oxygens (including phenoxy) is 1. The summed E-state index contributed by atoms with van der Waals surface area (Å²) in [5.41, 5.74) is 0.780. The second kappa shape index (κ2) is 7.29. The fourth-order valence-corrected chi connectivity index (χ4v) is 2.09. The van der Waals surface area contributed by atoms with Crippen molar-refractivity contribution in [3.8, 4) is 5.75 Å². The van der Waals surface area contributed by atoms with E-state index in [1.807, 2.05) is 18.2 Å². The summed E-state index contributed by atoms with van der Waals surface area (Å²) in [6.07, 6.45) is 1.00. The molecule has 0 radical (unpaired) electrons. The van der Waals surface area contributed by atoms with E-state index >= 15 is 0 Å². The molecule has 0 aliphatic carbocycles. The molecule has 1 heterocycles. The summed E-state index contributed by atoms with van der Waals surface area (Å²) in [5, 5.41) is 3.64. The summed E-state index contributed by atoms with van der Waals surface area (Å²) < 4.78 is 5.53. The van der Waals surface area contributed by atoms with Gasteiger partial charge in [0.15, 0.2) is 6.10 Å². The Morgan fingerprint density at radius 2 is 2.14 bits per heavy atom. The molecular formula is C15H14Cl2N2O2. The first kappa shape index (κ1) is 15.6. The summed E-state index contributed by atoms with van der Waals surface area (Å²) in [6, 6.07) is 10.4. The van der Waals surface area contributed by atoms with Crippen LogP contribution in [-0.4, -0.2) is 17.0 Å². The molecule has 0 aliphatic rings. The van der Waals surface area contributed by atoms with Gasteiger partial charge in [0, 0.05) is 11.2 Å². The van der Waals surface area contributed by atoms with Gasteiger partial charge in [-0.05, 0) is 37.3 Å². The Hall–Kier alpha value is -1.78. The van der Waals surface area contributed by atoms with Crippen molar-refractivity contribution in [2.24, 2.45) is 0 Å². The maximum atomic E-state index is 12.0. The molecule has 1 atom stereocenters. The van der Waals surface area contributed by atoms with Gasteiger partial charge in [-0.15, -0.1) is 0 Å². The Bertz CT molecular complexity index is 620. The molecule has 0 saturated carbocycles. The molecular weight excluding hydrogens is 311 g/mol. The van der Waals surface area contributed by atoms with Crippen molar-refractivity contribution in [2.75, 3.05) is 0 Å². The summed E-state index contributed by atoms with van der Waals surface area (Å²) >= 11 is 11.8. The van der Waals surface area contributed by atoms with E-state index in [0.717, 1.165) is 5.69 Å². The van der Waals surface area contributed by atoms with Crippen LogP contribution >= 0.6 is 23.2 Å². The number of hydrogen-bond acceptors (Lipinski definition) is 3. The van der Waals surface area contributed by atoms with Crippen LogP contribution in [0.2, 0.25) is 10.0 Å². The average molecular weight is 325 g/mol. The number of halogens is 2. The molecule has 1 N–H and O–H groups in total. The molecule has 1 amide bonds. The molecule has 0 bridgehead atoms. The summed E-state index contributed by atoms with van der Waals surface area (Å²) in [7, 11) is 0. The van der Waals surface area contributed by atoms with Crippen molar-refractivity contribution in [1.29, 1.82) is 0 Å². The SMILES string of the molecule is CC(Oc1ccc(Cl)cc1Cl)C(=O)NCc1ccccn1. The van der Waals surface area contributed by atoms with Crippen LogP contribution in [0.4, 0.5) is 0 Å². The molecule has 1 unspecified atom stereocenters. The van der Waals surface area contributed by atoms with Crippen molar-refractivity contribution >= 4 is 29.1 Å². The van der Waals surface area contributed by atoms with E-state index in [1.165, 1.54) is 0 Å². The molecule has 0 spiro atoms. The third-order valence-electron chi connectivity index (χ3n) is 2.74. The minimum atomic E-state index is -0.674. The van der Waals surface area contributed by atoms with E-state index in [-0.39, 0.29) is 5.91 Å². The van der Waals surface area contributed by atoms with E-state index in [0.29, 0.717) is 22.3 Å². The Morgan fingerprint density at radius 1 is 1.33 bits per heavy atom. The highest BCUT2D eigenvalue weighted by Crippen LogP contribution is 2.28. The summed E-state index contributed by atoms with van der Waals surface area (Å²) in [6.45, 7) is 2.00. The number of nitrogens with one attached hydrogen (secondary N) is 1. The lowest BCUT2D eigenvalue weighted by molar-refractivity contribution is -0.127. The molecule has 0 fully saturated rings. The van der Waals surface area contributed by atoms with Crippen molar-refractivity contribution in [1.82, 2.24) is 10.3 Å². The number of pyridine rings is 1. The highest BCUT2D eigenvalue weighted by atomic mass is 35.5. The number of aromatic nitrogens is 1. The van der Waals surface area contributed by atoms with Gasteiger partial charge < -0.3 is 10.1 Å². The van der Waals surface area contributed by atoms with Crippen LogP contribution in [0.1, 0.15) is 12.6 Å². The van der Waals surface area contributed by atoms with Gasteiger partial charge in [0.2, 0.25) is 0 Å². The smallest absolute Gasteiger partial charge is 0.261 e. The number of nitrogens with zero attached hydrogens (tertiary/aromatic N) is 1. The van der Waals surface area contributed by atoms with E-state index in [2.05, 4.69) is 10.3 Å². The quantitative estimate of drug-likeness (QED) is 0.916. The number of carbonyl (C=O) groups excluding carboxylic acids is 1. The molecule has 1 aromatic heterocycles. The summed E-state index contributed by atoms with van der Waals surface area (Å²) in [4.78, 5) is 16.1. The van der Waals surface area contributed by atoms with Gasteiger partial charge in [-0.25, -0.2) is 0 Å². The van der Waals surface area contributed by atoms with Crippen molar-refractivity contribution in [3.05, 3.63) is 58.3 Å². The molecule has 21 heavy (non-hydrogen) atoms. The molecule has 2 aromatic rings. The Balaban J connectivity index is 1.90. The van der Waals surface area contributed by atoms with Gasteiger partial charge in [-0.2, -0.15) is 0 Å². The highest BCUT2D eigenvalue weighted by Gasteiger charge is 2.16. The first-order valence-electron chi connectivity index (χ1n) is 6.35. The van der Waals surface area contributed by atoms with Gasteiger partial charge >= 0.3 is 0 Å². The lowest BCUT2D eigenvalue weighted by atomic mass is 10.3. The number of benzene rings is 1. The zero-order valence-corrected chi connectivity index (χ0v) is 12.9. The highest BCUT2D eigenvalue weighted by molar-refractivity contribution is 6.35. The minimum absolute atomic E-state index is 0.244. The predicted octanol–water partition coefficient (Wildman–Crippen LogP) is 3.47. The number of rotatable bonds is 5. The molecule has 110 valence electrons. The van der Waals surface area contributed by atoms with E-state index in [1.54, 1.807) is 31.3 Å². The van der Waals surface area contributed by atoms with Crippen LogP contribution in [0.15, 0.2) is 42.6 Å². The Morgan fingerprint density at radius 3 is 2.81 bits per heavy atom. The number of amides is 1. The second-order valence-corrected chi connectivity index (χ2v) is 5.22. The van der Waals surface area contributed by atoms with Crippen LogP contribution in [-0.2, 0) is 11.3 Å². The molecule has 0 saturated heterocycles. The van der Waals surface area contributed by atoms with Crippen molar-refractivity contribution in [2.45, 2.75) is 19.6 Å². The van der Waals surface area contributed by atoms with Gasteiger partial charge in [0.25, 0.3) is 5.91 Å². The van der Waals surface area contributed by atoms with E-state index < -0.39 is 6.10 Å². The van der Waals surface area contributed by atoms with Crippen LogP contribution in [0.3, 0.4) is 0 Å². The maximum Gasteiger partial charge on any atom is 0.261 e. The first-order valence-corrected chi connectivity index (χ1v) is 7.11. The standard InChI is InChI=1S/C15H14Cl2N2O2/c1-10(21-14-6-5-11(16)8-13(14)17)15(20)19-9-12-4-2-3-7-18-12/h2-8,10H,9H2,1H3,(H,19,20). The van der Waals surface area contributed by atoms with Crippen LogP contribution < -0.4 is 10.1 Å². The maximum absolute atomic E-state index is 12.0. The molecule has 2 rings (SSSR count). The Labute approximate surface area is 133 Å². The monoisotopic (exact) mass is 324 g/mol. The fourth-order valence-electron chi connectivity index (χ4n) is 1.64. The van der Waals surface area contributed by atoms with Gasteiger partial charge in [-0.3, -0.25) is 9.78 Å². The zero-order valence-electron chi connectivity index (χ0n) is 11.3. The van der Waals surface area contributed by atoms with Crippen LogP contribution in [0, 0.1) is 0 Å². The fraction of sp³-hybridized carbons (Fsp3) is 0.200. The van der Waals surface area contributed by atoms with E-state index in [9.17, 15) is 4.79 Å². The van der Waals surface area contributed by atoms with Crippen LogP contribution in [0.25, 0.3) is 0 Å². The lowest BCUT2D eigenvalue weighted by Crippen LogP contribution is -2.36. The third kappa shape index (κ3) is 4.62. The topological polar surface area (TPSA) is 51.2 Å². The second-order valence-electron chi connectivity index (χ2n) is 4.37. The van der Waals surface area contributed by atoms with Gasteiger partial charge in [-0.1, -0.05) is 29.3 Å². The lowest BCUT2D eigenvalue weighted by Gasteiger charge is -2.15. The Kier molecular flexibility index (Phi) is 5.42. The number of hydrogen-bond donors (Lipinski definition) is 1. The van der Waals surface area contributed by atoms with Gasteiger partial charge in [0.1, 0.15) is 5.75 Å². The predicted molar refractivity (Wildman–Crippen MR) is 82.6 cm³/mol. The van der Waals surface area contributed by atoms with Crippen LogP contribution in [0.5, 0.6) is 5.75 Å². The first-order chi connectivity index (χ1) is 10.1. The number of carbonyl (C=O) groups is 1. The molecule has 1 aromatic carbocycles. The molecule has 0 aliphatic heterocycles. The normalized spacial score (nSPS) is 11.8. The molecule has 4 nitrogen and oxygen atoms in total. The van der Waals surface area contributed by atoms with Crippen molar-refractivity contribution < 1.29 is 9.53 Å². The summed E-state index contributed by atoms with van der Waals surface area (Å²) in [5.74, 6) is 0.174.